The van der Waals surface area contributed by atoms with Gasteiger partial charge in [0.05, 0.1) is 5.02 Å². The van der Waals surface area contributed by atoms with Gasteiger partial charge in [0.1, 0.15) is 0 Å². The van der Waals surface area contributed by atoms with Crippen LogP contribution in [0.25, 0.3) is 0 Å². The molecule has 1 aliphatic carbocycles. The summed E-state index contributed by atoms with van der Waals surface area (Å²) in [6, 6.07) is 6.81. The Kier molecular flexibility index (Phi) is 5.95. The van der Waals surface area contributed by atoms with Crippen LogP contribution in [0.4, 0.5) is 0 Å². The second kappa shape index (κ2) is 7.29. The van der Waals surface area contributed by atoms with Crippen LogP contribution in [0, 0.1) is 17.8 Å². The minimum Gasteiger partial charge on any atom is -0.310 e. The quantitative estimate of drug-likeness (QED) is 0.714. The molecule has 0 radical (unpaired) electrons. The SMILES string of the molecule is CCNC(c1ccc(Br)c(Cl)c1)C1CC(C)CC(C)C1. The third-order valence-electron chi connectivity index (χ3n) is 4.41. The first-order valence-corrected chi connectivity index (χ1v) is 8.86. The van der Waals surface area contributed by atoms with Gasteiger partial charge in [-0.1, -0.05) is 38.4 Å². The first-order valence-electron chi connectivity index (χ1n) is 7.69. The number of hydrogen-bond donors (Lipinski definition) is 1. The fourth-order valence-electron chi connectivity index (χ4n) is 3.76. The smallest absolute Gasteiger partial charge is 0.0551 e. The van der Waals surface area contributed by atoms with Crippen molar-refractivity contribution < 1.29 is 0 Å². The first-order chi connectivity index (χ1) is 9.51. The molecular weight excluding hydrogens is 334 g/mol. The van der Waals surface area contributed by atoms with Gasteiger partial charge in [0.15, 0.2) is 0 Å². The van der Waals surface area contributed by atoms with Crippen molar-refractivity contribution in [2.24, 2.45) is 17.8 Å². The molecule has 1 nitrogen and oxygen atoms in total. The minimum atomic E-state index is 0.427. The van der Waals surface area contributed by atoms with Crippen LogP contribution in [-0.2, 0) is 0 Å². The van der Waals surface area contributed by atoms with E-state index >= 15 is 0 Å². The fourth-order valence-corrected chi connectivity index (χ4v) is 4.20. The Morgan fingerprint density at radius 2 is 1.90 bits per heavy atom. The zero-order valence-corrected chi connectivity index (χ0v) is 15.0. The normalized spacial score (nSPS) is 28.4. The number of hydrogen-bond acceptors (Lipinski definition) is 1. The molecule has 1 N–H and O–H groups in total. The van der Waals surface area contributed by atoms with E-state index in [4.69, 9.17) is 11.6 Å². The summed E-state index contributed by atoms with van der Waals surface area (Å²) in [7, 11) is 0. The van der Waals surface area contributed by atoms with E-state index < -0.39 is 0 Å². The highest BCUT2D eigenvalue weighted by Crippen LogP contribution is 2.40. The number of benzene rings is 1. The number of rotatable bonds is 4. The van der Waals surface area contributed by atoms with Gasteiger partial charge >= 0.3 is 0 Å². The van der Waals surface area contributed by atoms with Gasteiger partial charge in [0, 0.05) is 10.5 Å². The molecule has 0 heterocycles. The van der Waals surface area contributed by atoms with Crippen molar-refractivity contribution in [2.45, 2.75) is 46.1 Å². The predicted molar refractivity (Wildman–Crippen MR) is 91.2 cm³/mol. The molecular formula is C17H25BrClN. The summed E-state index contributed by atoms with van der Waals surface area (Å²) in [5, 5.41) is 4.49. The molecule has 0 aromatic heterocycles. The molecule has 112 valence electrons. The molecule has 3 unspecified atom stereocenters. The van der Waals surface area contributed by atoms with Gasteiger partial charge in [-0.05, 0) is 77.2 Å². The maximum Gasteiger partial charge on any atom is 0.0551 e. The second-order valence-corrected chi connectivity index (χ2v) is 7.65. The zero-order valence-electron chi connectivity index (χ0n) is 12.6. The monoisotopic (exact) mass is 357 g/mol. The van der Waals surface area contributed by atoms with E-state index in [0.717, 1.165) is 27.9 Å². The van der Waals surface area contributed by atoms with Crippen LogP contribution in [0.5, 0.6) is 0 Å². The summed E-state index contributed by atoms with van der Waals surface area (Å²) in [6.45, 7) is 7.96. The summed E-state index contributed by atoms with van der Waals surface area (Å²) >= 11 is 9.76. The summed E-state index contributed by atoms with van der Waals surface area (Å²) in [4.78, 5) is 0. The van der Waals surface area contributed by atoms with Gasteiger partial charge in [0.25, 0.3) is 0 Å². The van der Waals surface area contributed by atoms with Crippen molar-refractivity contribution in [3.63, 3.8) is 0 Å². The highest BCUT2D eigenvalue weighted by atomic mass is 79.9. The lowest BCUT2D eigenvalue weighted by Crippen LogP contribution is -2.33. The number of nitrogens with one attached hydrogen (secondary N) is 1. The van der Waals surface area contributed by atoms with Crippen LogP contribution < -0.4 is 5.32 Å². The lowest BCUT2D eigenvalue weighted by molar-refractivity contribution is 0.177. The molecule has 0 aliphatic heterocycles. The van der Waals surface area contributed by atoms with Gasteiger partial charge < -0.3 is 5.32 Å². The van der Waals surface area contributed by atoms with Crippen molar-refractivity contribution in [1.29, 1.82) is 0 Å². The Balaban J connectivity index is 2.23. The van der Waals surface area contributed by atoms with E-state index in [1.165, 1.54) is 24.8 Å². The second-order valence-electron chi connectivity index (χ2n) is 6.39. The van der Waals surface area contributed by atoms with Crippen molar-refractivity contribution in [2.75, 3.05) is 6.54 Å². The van der Waals surface area contributed by atoms with Crippen molar-refractivity contribution in [1.82, 2.24) is 5.32 Å². The standard InChI is InChI=1S/C17H25BrClN/c1-4-20-17(13-5-6-15(18)16(19)10-13)14-8-11(2)7-12(3)9-14/h5-6,10-12,14,17,20H,4,7-9H2,1-3H3. The molecule has 3 heteroatoms. The Bertz CT molecular complexity index is 439. The third kappa shape index (κ3) is 3.99. The topological polar surface area (TPSA) is 12.0 Å². The molecule has 3 atom stereocenters. The van der Waals surface area contributed by atoms with Crippen molar-refractivity contribution >= 4 is 27.5 Å². The van der Waals surface area contributed by atoms with Crippen LogP contribution >= 0.6 is 27.5 Å². The van der Waals surface area contributed by atoms with Crippen LogP contribution in [0.1, 0.15) is 51.6 Å². The molecule has 1 aliphatic rings. The molecule has 1 fully saturated rings. The summed E-state index contributed by atoms with van der Waals surface area (Å²) in [5.41, 5.74) is 1.33. The van der Waals surface area contributed by atoms with Gasteiger partial charge in [-0.2, -0.15) is 0 Å². The molecule has 0 spiro atoms. The van der Waals surface area contributed by atoms with Crippen LogP contribution in [-0.4, -0.2) is 6.54 Å². The Labute approximate surface area is 136 Å². The van der Waals surface area contributed by atoms with E-state index in [9.17, 15) is 0 Å². The van der Waals surface area contributed by atoms with E-state index in [1.807, 2.05) is 0 Å². The molecule has 1 aromatic carbocycles. The van der Waals surface area contributed by atoms with E-state index in [0.29, 0.717) is 12.0 Å². The molecule has 1 aromatic rings. The summed E-state index contributed by atoms with van der Waals surface area (Å²) < 4.78 is 0.976. The highest BCUT2D eigenvalue weighted by molar-refractivity contribution is 9.10. The Hall–Kier alpha value is -0.0500. The van der Waals surface area contributed by atoms with Gasteiger partial charge in [-0.15, -0.1) is 0 Å². The molecule has 0 bridgehead atoms. The van der Waals surface area contributed by atoms with Gasteiger partial charge in [0.2, 0.25) is 0 Å². The lowest BCUT2D eigenvalue weighted by Gasteiger charge is -2.37. The average Bonchev–Trinajstić information content (AvgIpc) is 2.38. The largest absolute Gasteiger partial charge is 0.310 e. The van der Waals surface area contributed by atoms with Crippen LogP contribution in [0.2, 0.25) is 5.02 Å². The molecule has 0 amide bonds. The van der Waals surface area contributed by atoms with Crippen LogP contribution in [0.3, 0.4) is 0 Å². The molecule has 2 rings (SSSR count). The zero-order chi connectivity index (χ0) is 14.7. The van der Waals surface area contributed by atoms with E-state index in [1.54, 1.807) is 0 Å². The Morgan fingerprint density at radius 3 is 2.45 bits per heavy atom. The summed E-state index contributed by atoms with van der Waals surface area (Å²) in [6.07, 6.45) is 4.00. The van der Waals surface area contributed by atoms with Crippen molar-refractivity contribution in [3.05, 3.63) is 33.3 Å². The predicted octanol–water partition coefficient (Wildman–Crippen LogP) is 5.83. The highest BCUT2D eigenvalue weighted by Gasteiger charge is 2.30. The minimum absolute atomic E-state index is 0.427. The number of halogens is 2. The maximum atomic E-state index is 6.28. The van der Waals surface area contributed by atoms with Crippen LogP contribution in [0.15, 0.2) is 22.7 Å². The average molecular weight is 359 g/mol. The maximum absolute atomic E-state index is 6.28. The van der Waals surface area contributed by atoms with E-state index in [2.05, 4.69) is 60.2 Å². The fraction of sp³-hybridized carbons (Fsp3) is 0.647. The third-order valence-corrected chi connectivity index (χ3v) is 5.65. The molecule has 0 saturated heterocycles. The first kappa shape index (κ1) is 16.3. The Morgan fingerprint density at radius 1 is 1.25 bits per heavy atom. The lowest BCUT2D eigenvalue weighted by atomic mass is 9.72. The van der Waals surface area contributed by atoms with Gasteiger partial charge in [-0.25, -0.2) is 0 Å². The van der Waals surface area contributed by atoms with Crippen molar-refractivity contribution in [3.8, 4) is 0 Å². The molecule has 1 saturated carbocycles. The van der Waals surface area contributed by atoms with E-state index in [-0.39, 0.29) is 0 Å². The molecule has 20 heavy (non-hydrogen) atoms. The summed E-state index contributed by atoms with van der Waals surface area (Å²) in [5.74, 6) is 2.37. The van der Waals surface area contributed by atoms with Gasteiger partial charge in [-0.3, -0.25) is 0 Å².